The summed E-state index contributed by atoms with van der Waals surface area (Å²) >= 11 is 5.91. The molecular formula is C13H14ClN3. The second-order valence-electron chi connectivity index (χ2n) is 4.42. The molecule has 1 aliphatic rings. The third-order valence-corrected chi connectivity index (χ3v) is 3.38. The average molecular weight is 248 g/mol. The van der Waals surface area contributed by atoms with Gasteiger partial charge in [0.25, 0.3) is 0 Å². The molecule has 2 aromatic rings. The summed E-state index contributed by atoms with van der Waals surface area (Å²) in [6.07, 6.45) is 5.50. The van der Waals surface area contributed by atoms with Gasteiger partial charge in [-0.25, -0.2) is 9.97 Å². The highest BCUT2D eigenvalue weighted by atomic mass is 35.5. The molecule has 0 amide bonds. The summed E-state index contributed by atoms with van der Waals surface area (Å²) in [5, 5.41) is 1.66. The number of fused-ring (bicyclic) bond motifs is 1. The Morgan fingerprint density at radius 3 is 2.76 bits per heavy atom. The fourth-order valence-electron chi connectivity index (χ4n) is 2.27. The molecule has 0 N–H and O–H groups in total. The van der Waals surface area contributed by atoms with Gasteiger partial charge in [-0.15, -0.1) is 0 Å². The molecule has 0 spiro atoms. The lowest BCUT2D eigenvalue weighted by atomic mass is 10.1. The van der Waals surface area contributed by atoms with Crippen LogP contribution >= 0.6 is 11.6 Å². The highest BCUT2D eigenvalue weighted by Crippen LogP contribution is 2.21. The van der Waals surface area contributed by atoms with Crippen molar-refractivity contribution < 1.29 is 0 Å². The number of pyridine rings is 2. The molecule has 3 heterocycles. The van der Waals surface area contributed by atoms with Gasteiger partial charge in [-0.3, -0.25) is 0 Å². The monoisotopic (exact) mass is 247 g/mol. The SMILES string of the molecule is Clc1cnc2nc(N3CCCCC3)ccc2c1. The van der Waals surface area contributed by atoms with Crippen LogP contribution in [0.4, 0.5) is 5.82 Å². The summed E-state index contributed by atoms with van der Waals surface area (Å²) in [6, 6.07) is 6.01. The van der Waals surface area contributed by atoms with E-state index >= 15 is 0 Å². The van der Waals surface area contributed by atoms with Crippen LogP contribution in [0.15, 0.2) is 24.4 Å². The van der Waals surface area contributed by atoms with Gasteiger partial charge in [-0.2, -0.15) is 0 Å². The van der Waals surface area contributed by atoms with Crippen LogP contribution in [0, 0.1) is 0 Å². The van der Waals surface area contributed by atoms with Crippen LogP contribution < -0.4 is 4.90 Å². The minimum atomic E-state index is 0.657. The first-order chi connectivity index (χ1) is 8.33. The van der Waals surface area contributed by atoms with Crippen LogP contribution in [0.2, 0.25) is 5.02 Å². The predicted molar refractivity (Wildman–Crippen MR) is 70.6 cm³/mol. The highest BCUT2D eigenvalue weighted by molar-refractivity contribution is 6.31. The predicted octanol–water partition coefficient (Wildman–Crippen LogP) is 3.27. The molecule has 0 saturated carbocycles. The Morgan fingerprint density at radius 2 is 1.94 bits per heavy atom. The minimum absolute atomic E-state index is 0.657. The summed E-state index contributed by atoms with van der Waals surface area (Å²) < 4.78 is 0. The van der Waals surface area contributed by atoms with Crippen molar-refractivity contribution in [2.75, 3.05) is 18.0 Å². The lowest BCUT2D eigenvalue weighted by Gasteiger charge is -2.27. The summed E-state index contributed by atoms with van der Waals surface area (Å²) in [7, 11) is 0. The lowest BCUT2D eigenvalue weighted by molar-refractivity contribution is 0.574. The number of nitrogens with zero attached hydrogens (tertiary/aromatic N) is 3. The van der Waals surface area contributed by atoms with Gasteiger partial charge in [0.05, 0.1) is 5.02 Å². The van der Waals surface area contributed by atoms with Crippen molar-refractivity contribution in [2.45, 2.75) is 19.3 Å². The molecule has 0 unspecified atom stereocenters. The Hall–Kier alpha value is -1.35. The van der Waals surface area contributed by atoms with Crippen molar-refractivity contribution in [2.24, 2.45) is 0 Å². The molecule has 4 heteroatoms. The average Bonchev–Trinajstić information content (AvgIpc) is 2.39. The molecular weight excluding hydrogens is 234 g/mol. The van der Waals surface area contributed by atoms with Crippen LogP contribution in [-0.2, 0) is 0 Å². The van der Waals surface area contributed by atoms with Crippen LogP contribution in [0.1, 0.15) is 19.3 Å². The van der Waals surface area contributed by atoms with Crippen molar-refractivity contribution in [3.8, 4) is 0 Å². The smallest absolute Gasteiger partial charge is 0.161 e. The van der Waals surface area contributed by atoms with Gasteiger partial charge < -0.3 is 4.90 Å². The van der Waals surface area contributed by atoms with Crippen LogP contribution in [0.25, 0.3) is 11.0 Å². The second kappa shape index (κ2) is 4.49. The van der Waals surface area contributed by atoms with Crippen molar-refractivity contribution >= 4 is 28.5 Å². The van der Waals surface area contributed by atoms with Crippen molar-refractivity contribution in [1.29, 1.82) is 0 Å². The molecule has 3 rings (SSSR count). The van der Waals surface area contributed by atoms with Gasteiger partial charge in [0.2, 0.25) is 0 Å². The van der Waals surface area contributed by atoms with E-state index in [-0.39, 0.29) is 0 Å². The third-order valence-electron chi connectivity index (χ3n) is 3.17. The highest BCUT2D eigenvalue weighted by Gasteiger charge is 2.12. The molecule has 0 aromatic carbocycles. The molecule has 0 radical (unpaired) electrons. The molecule has 0 bridgehead atoms. The Kier molecular flexibility index (Phi) is 2.85. The largest absolute Gasteiger partial charge is 0.357 e. The van der Waals surface area contributed by atoms with Crippen LogP contribution in [-0.4, -0.2) is 23.1 Å². The van der Waals surface area contributed by atoms with Crippen LogP contribution in [0.3, 0.4) is 0 Å². The lowest BCUT2D eigenvalue weighted by Crippen LogP contribution is -2.30. The van der Waals surface area contributed by atoms with Gasteiger partial charge in [0.1, 0.15) is 5.82 Å². The molecule has 1 saturated heterocycles. The number of hydrogen-bond acceptors (Lipinski definition) is 3. The third kappa shape index (κ3) is 2.20. The Labute approximate surface area is 105 Å². The number of halogens is 1. The van der Waals surface area contributed by atoms with Gasteiger partial charge in [0.15, 0.2) is 5.65 Å². The first kappa shape index (κ1) is 10.8. The molecule has 0 aliphatic carbocycles. The topological polar surface area (TPSA) is 29.0 Å². The van der Waals surface area contributed by atoms with Gasteiger partial charge in [0, 0.05) is 24.7 Å². The van der Waals surface area contributed by atoms with Crippen LogP contribution in [0.5, 0.6) is 0 Å². The van der Waals surface area contributed by atoms with E-state index in [1.54, 1.807) is 6.20 Å². The van der Waals surface area contributed by atoms with E-state index in [1.165, 1.54) is 19.3 Å². The van der Waals surface area contributed by atoms with E-state index in [2.05, 4.69) is 20.9 Å². The summed E-state index contributed by atoms with van der Waals surface area (Å²) in [5.41, 5.74) is 0.775. The zero-order chi connectivity index (χ0) is 11.7. The number of anilines is 1. The maximum absolute atomic E-state index is 5.91. The fraction of sp³-hybridized carbons (Fsp3) is 0.385. The Bertz CT molecular complexity index is 535. The number of aromatic nitrogens is 2. The molecule has 0 atom stereocenters. The number of rotatable bonds is 1. The normalized spacial score (nSPS) is 16.4. The van der Waals surface area contributed by atoms with E-state index in [0.29, 0.717) is 5.02 Å². The quantitative estimate of drug-likeness (QED) is 0.775. The summed E-state index contributed by atoms with van der Waals surface area (Å²) in [4.78, 5) is 11.2. The summed E-state index contributed by atoms with van der Waals surface area (Å²) in [5.74, 6) is 1.03. The van der Waals surface area contributed by atoms with E-state index in [9.17, 15) is 0 Å². The molecule has 3 nitrogen and oxygen atoms in total. The number of piperidine rings is 1. The molecule has 88 valence electrons. The molecule has 17 heavy (non-hydrogen) atoms. The maximum atomic E-state index is 5.91. The molecule has 1 fully saturated rings. The first-order valence-electron chi connectivity index (χ1n) is 6.00. The van der Waals surface area contributed by atoms with Gasteiger partial charge in [-0.05, 0) is 37.5 Å². The Balaban J connectivity index is 1.98. The van der Waals surface area contributed by atoms with Crippen molar-refractivity contribution in [3.05, 3.63) is 29.4 Å². The minimum Gasteiger partial charge on any atom is -0.357 e. The van der Waals surface area contributed by atoms with Gasteiger partial charge >= 0.3 is 0 Å². The standard InChI is InChI=1S/C13H14ClN3/c14-11-8-10-4-5-12(16-13(10)15-9-11)17-6-2-1-3-7-17/h4-5,8-9H,1-3,6-7H2. The van der Waals surface area contributed by atoms with Gasteiger partial charge in [-0.1, -0.05) is 11.6 Å². The second-order valence-corrected chi connectivity index (χ2v) is 4.85. The fourth-order valence-corrected chi connectivity index (χ4v) is 2.44. The first-order valence-corrected chi connectivity index (χ1v) is 6.38. The maximum Gasteiger partial charge on any atom is 0.161 e. The van der Waals surface area contributed by atoms with E-state index < -0.39 is 0 Å². The Morgan fingerprint density at radius 1 is 1.12 bits per heavy atom. The van der Waals surface area contributed by atoms with Crippen molar-refractivity contribution in [3.63, 3.8) is 0 Å². The summed E-state index contributed by atoms with van der Waals surface area (Å²) in [6.45, 7) is 2.21. The van der Waals surface area contributed by atoms with E-state index in [4.69, 9.17) is 11.6 Å². The van der Waals surface area contributed by atoms with Crippen molar-refractivity contribution in [1.82, 2.24) is 9.97 Å². The number of hydrogen-bond donors (Lipinski definition) is 0. The molecule has 2 aromatic heterocycles. The molecule has 1 aliphatic heterocycles. The zero-order valence-electron chi connectivity index (χ0n) is 9.56. The van der Waals surface area contributed by atoms with E-state index in [0.717, 1.165) is 29.9 Å². The zero-order valence-corrected chi connectivity index (χ0v) is 10.3. The van der Waals surface area contributed by atoms with E-state index in [1.807, 2.05) is 12.1 Å².